The average Bonchev–Trinajstić information content (AvgIpc) is 3.39. The fourth-order valence-electron chi connectivity index (χ4n) is 6.03. The van der Waals surface area contributed by atoms with Crippen LogP contribution >= 0.6 is 0 Å². The maximum Gasteiger partial charge on any atom is 0.262 e. The smallest absolute Gasteiger partial charge is 0.262 e. The van der Waals surface area contributed by atoms with Gasteiger partial charge in [0.2, 0.25) is 0 Å². The van der Waals surface area contributed by atoms with Crippen LogP contribution in [0.15, 0.2) is 59.8 Å². The number of fused-ring (bicyclic) bond motifs is 1. The van der Waals surface area contributed by atoms with E-state index in [1.54, 1.807) is 42.5 Å². The number of sulfonamides is 1. The standard InChI is InChI=1S/C29H36N8O3S/c1-35-14-16-36(17-15-35)21-9-11-22(12-10-21)37-29-26(28(30)31-19-32-29)27(33-37)20-8-13-24(25(18-20)40-2)34-41(38,39)23-6-4-3-5-7-23/h3-8,13,18-19,21-22,34H,9-12,14-17H2,1-2H3,(H2,30,31,32). The van der Waals surface area contributed by atoms with E-state index in [4.69, 9.17) is 15.6 Å². The molecule has 3 N–H and O–H groups in total. The van der Waals surface area contributed by atoms with Crippen LogP contribution < -0.4 is 15.2 Å². The van der Waals surface area contributed by atoms with Crippen LogP contribution in [0.4, 0.5) is 11.5 Å². The second-order valence-corrected chi connectivity index (χ2v) is 12.6. The molecule has 6 rings (SSSR count). The van der Waals surface area contributed by atoms with E-state index in [9.17, 15) is 8.42 Å². The Morgan fingerprint density at radius 2 is 1.66 bits per heavy atom. The largest absolute Gasteiger partial charge is 0.495 e. The molecule has 2 aliphatic rings. The van der Waals surface area contributed by atoms with Crippen molar-refractivity contribution in [3.63, 3.8) is 0 Å². The molecule has 1 aliphatic heterocycles. The normalized spacial score (nSPS) is 20.7. The Morgan fingerprint density at radius 1 is 0.951 bits per heavy atom. The quantitative estimate of drug-likeness (QED) is 0.339. The second kappa shape index (κ2) is 11.3. The monoisotopic (exact) mass is 576 g/mol. The summed E-state index contributed by atoms with van der Waals surface area (Å²) in [5, 5.41) is 5.73. The first-order valence-electron chi connectivity index (χ1n) is 14.0. The Labute approximate surface area is 240 Å². The van der Waals surface area contributed by atoms with E-state index in [2.05, 4.69) is 31.5 Å². The molecule has 12 heteroatoms. The van der Waals surface area contributed by atoms with Gasteiger partial charge in [-0.2, -0.15) is 5.10 Å². The van der Waals surface area contributed by atoms with Gasteiger partial charge < -0.3 is 15.4 Å². The molecule has 11 nitrogen and oxygen atoms in total. The van der Waals surface area contributed by atoms with Crippen LogP contribution in [0.1, 0.15) is 31.7 Å². The van der Waals surface area contributed by atoms with Crippen molar-refractivity contribution in [3.8, 4) is 17.0 Å². The first-order chi connectivity index (χ1) is 19.8. The minimum absolute atomic E-state index is 0.170. The van der Waals surface area contributed by atoms with Gasteiger partial charge in [-0.05, 0) is 57.0 Å². The number of aromatic nitrogens is 4. The summed E-state index contributed by atoms with van der Waals surface area (Å²) in [6.45, 7) is 4.51. The molecular formula is C29H36N8O3S. The molecule has 0 unspecified atom stereocenters. The molecule has 1 saturated carbocycles. The summed E-state index contributed by atoms with van der Waals surface area (Å²) >= 11 is 0. The maximum atomic E-state index is 12.9. The number of ether oxygens (including phenoxy) is 1. The van der Waals surface area contributed by atoms with Gasteiger partial charge in [-0.25, -0.2) is 23.1 Å². The Bertz CT molecular complexity index is 1630. The second-order valence-electron chi connectivity index (χ2n) is 10.9. The van der Waals surface area contributed by atoms with Gasteiger partial charge in [0, 0.05) is 37.8 Å². The molecule has 0 spiro atoms. The van der Waals surface area contributed by atoms with E-state index in [-0.39, 0.29) is 10.9 Å². The van der Waals surface area contributed by atoms with E-state index in [1.165, 1.54) is 13.4 Å². The maximum absolute atomic E-state index is 12.9. The van der Waals surface area contributed by atoms with Crippen molar-refractivity contribution in [2.24, 2.45) is 0 Å². The number of piperazine rings is 1. The van der Waals surface area contributed by atoms with Crippen molar-refractivity contribution in [3.05, 3.63) is 54.9 Å². The van der Waals surface area contributed by atoms with Gasteiger partial charge in [-0.1, -0.05) is 24.3 Å². The van der Waals surface area contributed by atoms with E-state index >= 15 is 0 Å². The summed E-state index contributed by atoms with van der Waals surface area (Å²) in [5.74, 6) is 0.725. The average molecular weight is 577 g/mol. The number of methoxy groups -OCH3 is 1. The van der Waals surface area contributed by atoms with Crippen LogP contribution in [0.5, 0.6) is 5.75 Å². The first kappa shape index (κ1) is 27.4. The third kappa shape index (κ3) is 5.46. The van der Waals surface area contributed by atoms with Crippen LogP contribution in [0.25, 0.3) is 22.3 Å². The van der Waals surface area contributed by atoms with Crippen LogP contribution in [-0.4, -0.2) is 84.3 Å². The molecule has 216 valence electrons. The van der Waals surface area contributed by atoms with Gasteiger partial charge in [-0.15, -0.1) is 0 Å². The minimum atomic E-state index is -3.79. The molecule has 4 aromatic rings. The number of nitrogens with two attached hydrogens (primary N) is 1. The molecule has 0 radical (unpaired) electrons. The fourth-order valence-corrected chi connectivity index (χ4v) is 7.12. The highest BCUT2D eigenvalue weighted by atomic mass is 32.2. The van der Waals surface area contributed by atoms with Crippen molar-refractivity contribution in [1.29, 1.82) is 0 Å². The molecular weight excluding hydrogens is 540 g/mol. The molecule has 1 saturated heterocycles. The van der Waals surface area contributed by atoms with E-state index in [0.29, 0.717) is 40.0 Å². The van der Waals surface area contributed by atoms with Gasteiger partial charge in [0.25, 0.3) is 10.0 Å². The van der Waals surface area contributed by atoms with Gasteiger partial charge >= 0.3 is 0 Å². The van der Waals surface area contributed by atoms with Crippen LogP contribution in [-0.2, 0) is 10.0 Å². The lowest BCUT2D eigenvalue weighted by Crippen LogP contribution is -2.49. The molecule has 3 heterocycles. The zero-order chi connectivity index (χ0) is 28.6. The van der Waals surface area contributed by atoms with E-state index in [0.717, 1.165) is 57.4 Å². The topological polar surface area (TPSA) is 132 Å². The zero-order valence-corrected chi connectivity index (χ0v) is 24.2. The van der Waals surface area contributed by atoms with Gasteiger partial charge in [0.05, 0.1) is 29.1 Å². The molecule has 2 aromatic heterocycles. The van der Waals surface area contributed by atoms with Crippen LogP contribution in [0.3, 0.4) is 0 Å². The summed E-state index contributed by atoms with van der Waals surface area (Å²) in [6, 6.07) is 14.3. The zero-order valence-electron chi connectivity index (χ0n) is 23.4. The van der Waals surface area contributed by atoms with Crippen LogP contribution in [0.2, 0.25) is 0 Å². The Morgan fingerprint density at radius 3 is 2.37 bits per heavy atom. The van der Waals surface area contributed by atoms with E-state index in [1.807, 2.05) is 10.7 Å². The van der Waals surface area contributed by atoms with Crippen molar-refractivity contribution in [2.75, 3.05) is 50.8 Å². The number of benzene rings is 2. The number of likely N-dealkylation sites (N-methyl/N-ethyl adjacent to an activating group) is 1. The summed E-state index contributed by atoms with van der Waals surface area (Å²) in [5.41, 5.74) is 8.80. The lowest BCUT2D eigenvalue weighted by molar-refractivity contribution is 0.0815. The lowest BCUT2D eigenvalue weighted by atomic mass is 9.90. The van der Waals surface area contributed by atoms with Gasteiger partial charge in [-0.3, -0.25) is 9.62 Å². The fraction of sp³-hybridized carbons (Fsp3) is 0.414. The molecule has 2 aromatic carbocycles. The number of anilines is 2. The molecule has 2 fully saturated rings. The van der Waals surface area contributed by atoms with Crippen molar-refractivity contribution < 1.29 is 13.2 Å². The molecule has 0 bridgehead atoms. The summed E-state index contributed by atoms with van der Waals surface area (Å²) in [6.07, 6.45) is 5.75. The predicted molar refractivity (Wildman–Crippen MR) is 159 cm³/mol. The Hall–Kier alpha value is -3.74. The van der Waals surface area contributed by atoms with Crippen molar-refractivity contribution >= 4 is 32.6 Å². The molecule has 0 atom stereocenters. The molecule has 41 heavy (non-hydrogen) atoms. The number of hydrogen-bond acceptors (Lipinski definition) is 9. The summed E-state index contributed by atoms with van der Waals surface area (Å²) < 4.78 is 36.1. The SMILES string of the molecule is COc1cc(-c2nn(C3CCC(N4CCN(C)CC4)CC3)c3ncnc(N)c23)ccc1NS(=O)(=O)c1ccccc1. The van der Waals surface area contributed by atoms with Gasteiger partial charge in [0.1, 0.15) is 23.6 Å². The molecule has 0 amide bonds. The highest BCUT2D eigenvalue weighted by Gasteiger charge is 2.31. The Kier molecular flexibility index (Phi) is 7.54. The highest BCUT2D eigenvalue weighted by Crippen LogP contribution is 2.39. The number of nitrogens with one attached hydrogen (secondary N) is 1. The number of rotatable bonds is 7. The third-order valence-corrected chi connectivity index (χ3v) is 9.74. The summed E-state index contributed by atoms with van der Waals surface area (Å²) in [7, 11) is -0.0910. The predicted octanol–water partition coefficient (Wildman–Crippen LogP) is 3.62. The number of nitrogen functional groups attached to an aromatic ring is 1. The minimum Gasteiger partial charge on any atom is -0.495 e. The third-order valence-electron chi connectivity index (χ3n) is 8.36. The highest BCUT2D eigenvalue weighted by molar-refractivity contribution is 7.92. The lowest BCUT2D eigenvalue weighted by Gasteiger charge is -2.41. The Balaban J connectivity index is 1.28. The van der Waals surface area contributed by atoms with Crippen LogP contribution in [0, 0.1) is 0 Å². The first-order valence-corrected chi connectivity index (χ1v) is 15.5. The number of hydrogen-bond donors (Lipinski definition) is 2. The van der Waals surface area contributed by atoms with Crippen molar-refractivity contribution in [2.45, 2.75) is 42.7 Å². The van der Waals surface area contributed by atoms with Gasteiger partial charge in [0.15, 0.2) is 5.65 Å². The van der Waals surface area contributed by atoms with Crippen molar-refractivity contribution in [1.82, 2.24) is 29.5 Å². The van der Waals surface area contributed by atoms with E-state index < -0.39 is 10.0 Å². The number of nitrogens with zero attached hydrogens (tertiary/aromatic N) is 6. The summed E-state index contributed by atoms with van der Waals surface area (Å²) in [4.78, 5) is 14.1. The molecule has 1 aliphatic carbocycles.